The number of nitrogens with one attached hydrogen (secondary N) is 1. The van der Waals surface area contributed by atoms with E-state index in [4.69, 9.17) is 9.47 Å². The van der Waals surface area contributed by atoms with E-state index >= 15 is 0 Å². The summed E-state index contributed by atoms with van der Waals surface area (Å²) in [6.07, 6.45) is -1.22. The van der Waals surface area contributed by atoms with Crippen LogP contribution >= 0.6 is 7.92 Å². The summed E-state index contributed by atoms with van der Waals surface area (Å²) in [6, 6.07) is 0. The zero-order valence-electron chi connectivity index (χ0n) is 18.3. The highest BCUT2D eigenvalue weighted by atomic mass is 31.1. The third kappa shape index (κ3) is 13.9. The van der Waals surface area contributed by atoms with Crippen LogP contribution in [-0.4, -0.2) is 76.2 Å². The molecule has 0 aromatic heterocycles. The van der Waals surface area contributed by atoms with Crippen molar-refractivity contribution in [1.82, 2.24) is 5.32 Å². The maximum Gasteiger partial charge on any atom is 0.181 e. The largest absolute Gasteiger partial charge is 0.388 e. The fourth-order valence-electron chi connectivity index (χ4n) is 2.35. The first kappa shape index (κ1) is 29.4. The van der Waals surface area contributed by atoms with Gasteiger partial charge in [-0.15, -0.1) is 0 Å². The van der Waals surface area contributed by atoms with Crippen LogP contribution in [0.15, 0.2) is 0 Å². The zero-order valence-corrected chi connectivity index (χ0v) is 19.2. The van der Waals surface area contributed by atoms with Crippen LogP contribution in [0, 0.1) is 0 Å². The molecule has 6 atom stereocenters. The van der Waals surface area contributed by atoms with E-state index in [0.717, 1.165) is 25.7 Å². The van der Waals surface area contributed by atoms with E-state index in [2.05, 4.69) is 26.1 Å². The first-order valence-corrected chi connectivity index (χ1v) is 11.9. The standard InChI is InChI=1S/C15H33O6P.C4H11N/c1-6-9-22(12(7-2)20-14(18)10(4)16)13(8-3)21-15(19)11(5)17;1-3-5-4-2/h10-19H,6-9H2,1-5H3;5H,3-4H2,1-2H3. The predicted octanol–water partition coefficient (Wildman–Crippen LogP) is 2.40. The Morgan fingerprint density at radius 3 is 1.30 bits per heavy atom. The van der Waals surface area contributed by atoms with Gasteiger partial charge in [0.1, 0.15) is 12.2 Å². The fraction of sp³-hybridized carbons (Fsp3) is 1.00. The molecule has 0 saturated carbocycles. The van der Waals surface area contributed by atoms with E-state index in [0.29, 0.717) is 12.8 Å². The molecule has 0 radical (unpaired) electrons. The summed E-state index contributed by atoms with van der Waals surface area (Å²) in [5, 5.41) is 41.5. The molecule has 0 aliphatic heterocycles. The highest BCUT2D eigenvalue weighted by Crippen LogP contribution is 2.51. The van der Waals surface area contributed by atoms with Crippen molar-refractivity contribution in [2.24, 2.45) is 0 Å². The molecule has 0 amide bonds. The van der Waals surface area contributed by atoms with Crippen LogP contribution in [-0.2, 0) is 9.47 Å². The van der Waals surface area contributed by atoms with Gasteiger partial charge in [-0.3, -0.25) is 0 Å². The summed E-state index contributed by atoms with van der Waals surface area (Å²) in [7, 11) is -0.789. The average molecular weight is 414 g/mol. The molecule has 0 rings (SSSR count). The third-order valence-corrected chi connectivity index (χ3v) is 7.26. The first-order chi connectivity index (χ1) is 12.7. The minimum Gasteiger partial charge on any atom is -0.388 e. The van der Waals surface area contributed by atoms with Crippen LogP contribution in [0.3, 0.4) is 0 Å². The topological polar surface area (TPSA) is 111 Å². The van der Waals surface area contributed by atoms with Crippen molar-refractivity contribution in [2.75, 3.05) is 19.3 Å². The van der Waals surface area contributed by atoms with Crippen molar-refractivity contribution in [3.8, 4) is 0 Å². The Morgan fingerprint density at radius 2 is 1.11 bits per heavy atom. The van der Waals surface area contributed by atoms with Crippen LogP contribution in [0.2, 0.25) is 0 Å². The molecule has 27 heavy (non-hydrogen) atoms. The molecule has 0 aromatic carbocycles. The second kappa shape index (κ2) is 18.2. The fourth-order valence-corrected chi connectivity index (χ4v) is 5.31. The highest BCUT2D eigenvalue weighted by molar-refractivity contribution is 7.58. The van der Waals surface area contributed by atoms with Crippen molar-refractivity contribution < 1.29 is 29.9 Å². The quantitative estimate of drug-likeness (QED) is 0.220. The monoisotopic (exact) mass is 413 g/mol. The number of aliphatic hydroxyl groups excluding tert-OH is 4. The molecule has 166 valence electrons. The maximum absolute atomic E-state index is 9.78. The molecule has 0 bridgehead atoms. The molecule has 7 nitrogen and oxygen atoms in total. The van der Waals surface area contributed by atoms with Crippen LogP contribution in [0.25, 0.3) is 0 Å². The minimum atomic E-state index is -1.23. The molecule has 8 heteroatoms. The molecule has 5 N–H and O–H groups in total. The van der Waals surface area contributed by atoms with Gasteiger partial charge in [0.25, 0.3) is 0 Å². The summed E-state index contributed by atoms with van der Waals surface area (Å²) in [5.41, 5.74) is 0. The molecule has 0 aliphatic carbocycles. The summed E-state index contributed by atoms with van der Waals surface area (Å²) in [6.45, 7) is 15.3. The Balaban J connectivity index is 0. The van der Waals surface area contributed by atoms with E-state index in [1.807, 2.05) is 13.8 Å². The Bertz CT molecular complexity index is 297. The van der Waals surface area contributed by atoms with Crippen molar-refractivity contribution in [3.05, 3.63) is 0 Å². The van der Waals surface area contributed by atoms with Gasteiger partial charge in [-0.1, -0.05) is 41.0 Å². The molecule has 0 spiro atoms. The van der Waals surface area contributed by atoms with Crippen molar-refractivity contribution in [2.45, 2.75) is 104 Å². The molecule has 0 aromatic rings. The Kier molecular flexibility index (Phi) is 19.8. The molecule has 0 saturated heterocycles. The molecule has 0 fully saturated rings. The first-order valence-electron chi connectivity index (χ1n) is 10.2. The van der Waals surface area contributed by atoms with Gasteiger partial charge in [0, 0.05) is 0 Å². The number of aliphatic hydroxyl groups is 4. The van der Waals surface area contributed by atoms with Gasteiger partial charge in [0.2, 0.25) is 0 Å². The molecular formula is C19H44NO6P. The average Bonchev–Trinajstić information content (AvgIpc) is 2.63. The van der Waals surface area contributed by atoms with E-state index in [1.165, 1.54) is 13.8 Å². The Morgan fingerprint density at radius 1 is 0.741 bits per heavy atom. The Hall–Kier alpha value is 0.150. The smallest absolute Gasteiger partial charge is 0.181 e. The lowest BCUT2D eigenvalue weighted by Crippen LogP contribution is -2.35. The highest BCUT2D eigenvalue weighted by Gasteiger charge is 2.32. The van der Waals surface area contributed by atoms with Crippen molar-refractivity contribution in [1.29, 1.82) is 0 Å². The van der Waals surface area contributed by atoms with Crippen LogP contribution in [0.4, 0.5) is 0 Å². The van der Waals surface area contributed by atoms with E-state index in [9.17, 15) is 20.4 Å². The number of ether oxygens (including phenoxy) is 2. The van der Waals surface area contributed by atoms with E-state index in [-0.39, 0.29) is 11.7 Å². The summed E-state index contributed by atoms with van der Waals surface area (Å²) in [5.74, 6) is -0.462. The SMILES string of the molecule is CCCP(C(CC)OC(O)C(C)O)C(CC)OC(O)C(C)O.CCNCC. The van der Waals surface area contributed by atoms with Crippen molar-refractivity contribution in [3.63, 3.8) is 0 Å². The van der Waals surface area contributed by atoms with Crippen molar-refractivity contribution >= 4 is 7.92 Å². The van der Waals surface area contributed by atoms with E-state index in [1.54, 1.807) is 0 Å². The number of hydrogen-bond donors (Lipinski definition) is 5. The minimum absolute atomic E-state index is 0.231. The predicted molar refractivity (Wildman–Crippen MR) is 112 cm³/mol. The second-order valence-electron chi connectivity index (χ2n) is 6.46. The lowest BCUT2D eigenvalue weighted by molar-refractivity contribution is -0.174. The third-order valence-electron chi connectivity index (χ3n) is 3.84. The summed E-state index contributed by atoms with van der Waals surface area (Å²) in [4.78, 5) is 0. The van der Waals surface area contributed by atoms with Gasteiger partial charge < -0.3 is 35.2 Å². The molecule has 0 aliphatic rings. The molecular weight excluding hydrogens is 369 g/mol. The zero-order chi connectivity index (χ0) is 21.4. The normalized spacial score (nSPS) is 19.2. The van der Waals surface area contributed by atoms with Gasteiger partial charge in [-0.05, 0) is 53.9 Å². The van der Waals surface area contributed by atoms with Crippen LogP contribution < -0.4 is 5.32 Å². The second-order valence-corrected chi connectivity index (χ2v) is 9.08. The van der Waals surface area contributed by atoms with Gasteiger partial charge in [0.05, 0.1) is 11.7 Å². The van der Waals surface area contributed by atoms with Gasteiger partial charge >= 0.3 is 0 Å². The van der Waals surface area contributed by atoms with Gasteiger partial charge in [0.15, 0.2) is 12.6 Å². The molecule has 0 heterocycles. The van der Waals surface area contributed by atoms with Gasteiger partial charge in [-0.25, -0.2) is 0 Å². The van der Waals surface area contributed by atoms with E-state index < -0.39 is 32.7 Å². The van der Waals surface area contributed by atoms with Crippen LogP contribution in [0.5, 0.6) is 0 Å². The summed E-state index contributed by atoms with van der Waals surface area (Å²) < 4.78 is 11.2. The lowest BCUT2D eigenvalue weighted by atomic mass is 10.4. The van der Waals surface area contributed by atoms with Gasteiger partial charge in [-0.2, -0.15) is 0 Å². The lowest BCUT2D eigenvalue weighted by Gasteiger charge is -2.36. The maximum atomic E-state index is 9.78. The molecule has 6 unspecified atom stereocenters. The number of hydrogen-bond acceptors (Lipinski definition) is 7. The van der Waals surface area contributed by atoms with Crippen LogP contribution in [0.1, 0.15) is 67.7 Å². The number of rotatable bonds is 14. The summed E-state index contributed by atoms with van der Waals surface area (Å²) >= 11 is 0. The Labute approximate surface area is 167 Å².